The van der Waals surface area contributed by atoms with Crippen molar-refractivity contribution >= 4 is 34.1 Å². The molecule has 174 valence electrons. The van der Waals surface area contributed by atoms with Crippen LogP contribution >= 0.6 is 11.6 Å². The van der Waals surface area contributed by atoms with E-state index in [0.717, 1.165) is 55.1 Å². The Bertz CT molecular complexity index is 1290. The van der Waals surface area contributed by atoms with Gasteiger partial charge in [-0.3, -0.25) is 9.78 Å². The van der Waals surface area contributed by atoms with Gasteiger partial charge in [0.2, 0.25) is 0 Å². The van der Waals surface area contributed by atoms with Crippen LogP contribution in [0.5, 0.6) is 0 Å². The average Bonchev–Trinajstić information content (AvgIpc) is 3.28. The maximum atomic E-state index is 12.5. The van der Waals surface area contributed by atoms with Crippen molar-refractivity contribution in [2.75, 3.05) is 25.0 Å². The fourth-order valence-electron chi connectivity index (χ4n) is 4.92. The van der Waals surface area contributed by atoms with Crippen molar-refractivity contribution in [1.29, 1.82) is 0 Å². The molecule has 0 radical (unpaired) electrons. The maximum Gasteiger partial charge on any atom is 0.257 e. The van der Waals surface area contributed by atoms with E-state index < -0.39 is 0 Å². The van der Waals surface area contributed by atoms with Crippen LogP contribution in [0.2, 0.25) is 5.02 Å². The van der Waals surface area contributed by atoms with Crippen LogP contribution in [0, 0.1) is 6.92 Å². The summed E-state index contributed by atoms with van der Waals surface area (Å²) in [5.41, 5.74) is 6.47. The molecule has 1 saturated heterocycles. The molecule has 2 aromatic heterocycles. The lowest BCUT2D eigenvalue weighted by molar-refractivity contribution is 0.102. The van der Waals surface area contributed by atoms with Gasteiger partial charge in [0.1, 0.15) is 0 Å². The fraction of sp³-hybridized carbons (Fsp3) is 0.286. The van der Waals surface area contributed by atoms with Gasteiger partial charge < -0.3 is 15.2 Å². The number of fused-ring (bicyclic) bond motifs is 1. The first-order chi connectivity index (χ1) is 16.6. The molecule has 0 unspecified atom stereocenters. The molecule has 2 aromatic carbocycles. The first-order valence-corrected chi connectivity index (χ1v) is 12.2. The zero-order valence-electron chi connectivity index (χ0n) is 19.4. The number of halogens is 1. The van der Waals surface area contributed by atoms with Crippen LogP contribution in [0.15, 0.2) is 67.1 Å². The summed E-state index contributed by atoms with van der Waals surface area (Å²) in [6, 6.07) is 15.8. The molecule has 1 aliphatic heterocycles. The Kier molecular flexibility index (Phi) is 6.66. The van der Waals surface area contributed by atoms with Gasteiger partial charge in [-0.15, -0.1) is 0 Å². The number of nitrogens with one attached hydrogen (secondary N) is 2. The van der Waals surface area contributed by atoms with Crippen LogP contribution in [0.25, 0.3) is 10.9 Å². The predicted molar refractivity (Wildman–Crippen MR) is 139 cm³/mol. The van der Waals surface area contributed by atoms with E-state index >= 15 is 0 Å². The van der Waals surface area contributed by atoms with Gasteiger partial charge in [0.25, 0.3) is 5.91 Å². The Morgan fingerprint density at radius 1 is 1.18 bits per heavy atom. The number of rotatable bonds is 6. The number of hydrogen-bond acceptors (Lipinski definition) is 3. The predicted octanol–water partition coefficient (Wildman–Crippen LogP) is 6.20. The van der Waals surface area contributed by atoms with Crippen LogP contribution < -0.4 is 5.32 Å². The van der Waals surface area contributed by atoms with E-state index in [-0.39, 0.29) is 5.91 Å². The van der Waals surface area contributed by atoms with E-state index in [9.17, 15) is 4.79 Å². The number of H-pyrrole nitrogens is 1. The number of anilines is 1. The van der Waals surface area contributed by atoms with Crippen LogP contribution in [0.4, 0.5) is 5.69 Å². The van der Waals surface area contributed by atoms with E-state index in [1.165, 1.54) is 22.1 Å². The summed E-state index contributed by atoms with van der Waals surface area (Å²) >= 11 is 6.24. The minimum Gasteiger partial charge on any atom is -0.361 e. The number of piperidine rings is 1. The van der Waals surface area contributed by atoms with Crippen LogP contribution in [0.3, 0.4) is 0 Å². The summed E-state index contributed by atoms with van der Waals surface area (Å²) in [4.78, 5) is 22.5. The minimum atomic E-state index is -0.136. The van der Waals surface area contributed by atoms with Crippen LogP contribution in [-0.4, -0.2) is 40.4 Å². The summed E-state index contributed by atoms with van der Waals surface area (Å²) in [6.45, 7) is 5.34. The third kappa shape index (κ3) is 5.01. The summed E-state index contributed by atoms with van der Waals surface area (Å²) in [5.74, 6) is 0.430. The molecule has 0 saturated carbocycles. The van der Waals surface area contributed by atoms with Crippen molar-refractivity contribution < 1.29 is 4.79 Å². The molecule has 1 aliphatic rings. The number of hydrogen-bond donors (Lipinski definition) is 2. The molecule has 0 spiro atoms. The molecule has 4 aromatic rings. The normalized spacial score (nSPS) is 15.0. The van der Waals surface area contributed by atoms with Gasteiger partial charge in [-0.05, 0) is 104 Å². The Labute approximate surface area is 205 Å². The van der Waals surface area contributed by atoms with Crippen molar-refractivity contribution in [3.8, 4) is 0 Å². The Morgan fingerprint density at radius 2 is 2.03 bits per heavy atom. The fourth-order valence-corrected chi connectivity index (χ4v) is 5.09. The molecule has 0 bridgehead atoms. The van der Waals surface area contributed by atoms with Gasteiger partial charge in [0, 0.05) is 46.7 Å². The highest BCUT2D eigenvalue weighted by molar-refractivity contribution is 6.31. The lowest BCUT2D eigenvalue weighted by atomic mass is 9.89. The van der Waals surface area contributed by atoms with Crippen LogP contribution in [-0.2, 0) is 6.42 Å². The summed E-state index contributed by atoms with van der Waals surface area (Å²) in [5, 5.41) is 5.05. The second-order valence-electron chi connectivity index (χ2n) is 9.14. The number of aryl methyl sites for hydroxylation is 1. The van der Waals surface area contributed by atoms with E-state index in [1.54, 1.807) is 24.5 Å². The molecule has 5 nitrogen and oxygen atoms in total. The number of nitrogens with zero attached hydrogens (tertiary/aromatic N) is 2. The Balaban J connectivity index is 1.18. The van der Waals surface area contributed by atoms with Gasteiger partial charge in [0.05, 0.1) is 5.56 Å². The van der Waals surface area contributed by atoms with E-state index in [0.29, 0.717) is 11.5 Å². The number of amides is 1. The van der Waals surface area contributed by atoms with Crippen molar-refractivity contribution in [2.24, 2.45) is 0 Å². The van der Waals surface area contributed by atoms with E-state index in [4.69, 9.17) is 11.6 Å². The average molecular weight is 473 g/mol. The topological polar surface area (TPSA) is 61.0 Å². The zero-order valence-corrected chi connectivity index (χ0v) is 20.1. The molecule has 0 atom stereocenters. The number of likely N-dealkylation sites (tertiary alicyclic amines) is 1. The van der Waals surface area contributed by atoms with Crippen molar-refractivity contribution in [2.45, 2.75) is 32.1 Å². The molecule has 2 N–H and O–H groups in total. The molecular weight excluding hydrogens is 444 g/mol. The van der Waals surface area contributed by atoms with Crippen molar-refractivity contribution in [3.05, 3.63) is 94.4 Å². The SMILES string of the molecule is Cc1ccc(NC(=O)c2cccnc2)cc1CCN1CCC(c2c[nH]c3ccc(Cl)cc23)CC1. The second-order valence-corrected chi connectivity index (χ2v) is 9.57. The minimum absolute atomic E-state index is 0.136. The lowest BCUT2D eigenvalue weighted by Crippen LogP contribution is -2.34. The number of carbonyl (C=O) groups is 1. The third-order valence-electron chi connectivity index (χ3n) is 6.93. The first-order valence-electron chi connectivity index (χ1n) is 11.9. The van der Waals surface area contributed by atoms with Gasteiger partial charge in [-0.2, -0.15) is 0 Å². The Morgan fingerprint density at radius 3 is 2.82 bits per heavy atom. The highest BCUT2D eigenvalue weighted by atomic mass is 35.5. The van der Waals surface area contributed by atoms with Crippen LogP contribution in [0.1, 0.15) is 45.8 Å². The highest BCUT2D eigenvalue weighted by Crippen LogP contribution is 2.34. The molecule has 0 aliphatic carbocycles. The van der Waals surface area contributed by atoms with E-state index in [1.807, 2.05) is 12.1 Å². The highest BCUT2D eigenvalue weighted by Gasteiger charge is 2.23. The Hall–Kier alpha value is -3.15. The van der Waals surface area contributed by atoms with Gasteiger partial charge in [-0.1, -0.05) is 17.7 Å². The number of aromatic nitrogens is 2. The molecule has 6 heteroatoms. The number of carbonyl (C=O) groups excluding carboxylic acids is 1. The summed E-state index contributed by atoms with van der Waals surface area (Å²) in [7, 11) is 0. The van der Waals surface area contributed by atoms with Gasteiger partial charge in [0.15, 0.2) is 0 Å². The smallest absolute Gasteiger partial charge is 0.257 e. The number of pyridine rings is 1. The number of aromatic amines is 1. The maximum absolute atomic E-state index is 12.5. The third-order valence-corrected chi connectivity index (χ3v) is 7.17. The molecular formula is C28H29ClN4O. The number of benzene rings is 2. The summed E-state index contributed by atoms with van der Waals surface area (Å²) in [6.07, 6.45) is 8.68. The lowest BCUT2D eigenvalue weighted by Gasteiger charge is -2.32. The molecule has 5 rings (SSSR count). The molecule has 34 heavy (non-hydrogen) atoms. The molecule has 3 heterocycles. The first kappa shape index (κ1) is 22.6. The van der Waals surface area contributed by atoms with Crippen molar-refractivity contribution in [3.63, 3.8) is 0 Å². The van der Waals surface area contributed by atoms with E-state index in [2.05, 4.69) is 57.6 Å². The monoisotopic (exact) mass is 472 g/mol. The molecule has 1 fully saturated rings. The van der Waals surface area contributed by atoms with Gasteiger partial charge >= 0.3 is 0 Å². The standard InChI is InChI=1S/C28H29ClN4O/c1-19-4-6-24(32-28(34)22-3-2-11-30-17-22)15-21(19)10-14-33-12-8-20(9-13-33)26-18-31-27-7-5-23(29)16-25(26)27/h2-7,11,15-18,20,31H,8-10,12-14H2,1H3,(H,32,34). The van der Waals surface area contributed by atoms with Crippen molar-refractivity contribution in [1.82, 2.24) is 14.9 Å². The summed E-state index contributed by atoms with van der Waals surface area (Å²) < 4.78 is 0. The largest absolute Gasteiger partial charge is 0.361 e. The zero-order chi connectivity index (χ0) is 23.5. The van der Waals surface area contributed by atoms with Gasteiger partial charge in [-0.25, -0.2) is 0 Å². The molecule has 1 amide bonds. The quantitative estimate of drug-likeness (QED) is 0.351. The second kappa shape index (κ2) is 10.00.